The Morgan fingerprint density at radius 2 is 1.73 bits per heavy atom. The number of amides is 1. The fourth-order valence-electron chi connectivity index (χ4n) is 2.51. The van der Waals surface area contributed by atoms with Crippen molar-refractivity contribution in [2.75, 3.05) is 6.61 Å². The normalized spacial score (nSPS) is 11.1. The molecule has 0 radical (unpaired) electrons. The Labute approximate surface area is 178 Å². The van der Waals surface area contributed by atoms with Gasteiger partial charge in [-0.05, 0) is 35.2 Å². The summed E-state index contributed by atoms with van der Waals surface area (Å²) in [6.45, 7) is 0.0323. The zero-order chi connectivity index (χ0) is 21.4. The Balaban J connectivity index is 1.55. The van der Waals surface area contributed by atoms with Gasteiger partial charge in [0.25, 0.3) is 5.91 Å². The van der Waals surface area contributed by atoms with Crippen molar-refractivity contribution in [3.63, 3.8) is 0 Å². The molecule has 0 saturated carbocycles. The van der Waals surface area contributed by atoms with Crippen molar-refractivity contribution in [3.05, 3.63) is 88.1 Å². The number of hydrogen-bond acceptors (Lipinski definition) is 6. The van der Waals surface area contributed by atoms with Crippen LogP contribution in [0.4, 0.5) is 0 Å². The summed E-state index contributed by atoms with van der Waals surface area (Å²) in [5.41, 5.74) is 0.855. The lowest BCUT2D eigenvalue weighted by Crippen LogP contribution is -2.28. The summed E-state index contributed by atoms with van der Waals surface area (Å²) in [6.07, 6.45) is 0. The van der Waals surface area contributed by atoms with Gasteiger partial charge in [0.1, 0.15) is 0 Å². The molecule has 7 nitrogen and oxygen atoms in total. The van der Waals surface area contributed by atoms with Crippen LogP contribution in [0.2, 0.25) is 0 Å². The fourth-order valence-corrected chi connectivity index (χ4v) is 4.22. The molecule has 1 aromatic heterocycles. The van der Waals surface area contributed by atoms with E-state index in [0.717, 1.165) is 10.4 Å². The monoisotopic (exact) mass is 444 g/mol. The van der Waals surface area contributed by atoms with Crippen LogP contribution in [0.1, 0.15) is 20.8 Å². The number of hydrogen-bond donors (Lipinski definition) is 2. The summed E-state index contributed by atoms with van der Waals surface area (Å²) >= 11 is 1.51. The SMILES string of the molecule is O=C(COC(=O)c1cccc(S(=O)(=O)NCc2ccccc2)c1)NCc1cccs1. The molecule has 2 aromatic carbocycles. The topological polar surface area (TPSA) is 102 Å². The Kier molecular flexibility index (Phi) is 7.34. The van der Waals surface area contributed by atoms with Gasteiger partial charge in [-0.1, -0.05) is 42.5 Å². The highest BCUT2D eigenvalue weighted by atomic mass is 32.2. The van der Waals surface area contributed by atoms with Gasteiger partial charge in [-0.15, -0.1) is 11.3 Å². The molecule has 3 aromatic rings. The van der Waals surface area contributed by atoms with Gasteiger partial charge in [-0.2, -0.15) is 0 Å². The Morgan fingerprint density at radius 3 is 2.47 bits per heavy atom. The number of sulfonamides is 1. The van der Waals surface area contributed by atoms with Crippen molar-refractivity contribution < 1.29 is 22.7 Å². The molecule has 0 fully saturated rings. The minimum Gasteiger partial charge on any atom is -0.452 e. The third-order valence-electron chi connectivity index (χ3n) is 4.06. The molecular weight excluding hydrogens is 424 g/mol. The molecule has 1 amide bonds. The van der Waals surface area contributed by atoms with E-state index in [1.165, 1.54) is 35.6 Å². The van der Waals surface area contributed by atoms with E-state index in [2.05, 4.69) is 10.0 Å². The number of nitrogens with one attached hydrogen (secondary N) is 2. The van der Waals surface area contributed by atoms with E-state index in [1.54, 1.807) is 12.1 Å². The van der Waals surface area contributed by atoms with Crippen molar-refractivity contribution in [1.29, 1.82) is 0 Å². The summed E-state index contributed by atoms with van der Waals surface area (Å²) in [4.78, 5) is 25.0. The van der Waals surface area contributed by atoms with E-state index >= 15 is 0 Å². The quantitative estimate of drug-likeness (QED) is 0.494. The minimum absolute atomic E-state index is 0.0450. The first kappa shape index (κ1) is 21.7. The second-order valence-electron chi connectivity index (χ2n) is 6.27. The third kappa shape index (κ3) is 6.24. The van der Waals surface area contributed by atoms with Crippen LogP contribution in [0.15, 0.2) is 77.0 Å². The van der Waals surface area contributed by atoms with Crippen LogP contribution in [0.3, 0.4) is 0 Å². The Hall–Kier alpha value is -3.01. The van der Waals surface area contributed by atoms with Crippen molar-refractivity contribution in [2.24, 2.45) is 0 Å². The Morgan fingerprint density at radius 1 is 0.933 bits per heavy atom. The first-order valence-electron chi connectivity index (χ1n) is 9.04. The van der Waals surface area contributed by atoms with Crippen molar-refractivity contribution in [3.8, 4) is 0 Å². The van der Waals surface area contributed by atoms with Gasteiger partial charge in [0.05, 0.1) is 17.0 Å². The van der Waals surface area contributed by atoms with E-state index in [9.17, 15) is 18.0 Å². The second-order valence-corrected chi connectivity index (χ2v) is 9.07. The predicted octanol–water partition coefficient (Wildman–Crippen LogP) is 2.70. The van der Waals surface area contributed by atoms with Crippen molar-refractivity contribution >= 4 is 33.2 Å². The van der Waals surface area contributed by atoms with E-state index in [-0.39, 0.29) is 17.0 Å². The van der Waals surface area contributed by atoms with Crippen LogP contribution in [0, 0.1) is 0 Å². The molecule has 0 aliphatic rings. The number of carbonyl (C=O) groups excluding carboxylic acids is 2. The standard InChI is InChI=1S/C21H20N2O5S2/c24-20(22-14-18-9-5-11-29-18)15-28-21(25)17-8-4-10-19(12-17)30(26,27)23-13-16-6-2-1-3-7-16/h1-12,23H,13-15H2,(H,22,24). The minimum atomic E-state index is -3.82. The van der Waals surface area contributed by atoms with Crippen LogP contribution < -0.4 is 10.0 Å². The van der Waals surface area contributed by atoms with Gasteiger partial charge in [-0.25, -0.2) is 17.9 Å². The predicted molar refractivity (Wildman–Crippen MR) is 113 cm³/mol. The highest BCUT2D eigenvalue weighted by molar-refractivity contribution is 7.89. The van der Waals surface area contributed by atoms with Gasteiger partial charge in [0.2, 0.25) is 10.0 Å². The highest BCUT2D eigenvalue weighted by Crippen LogP contribution is 2.13. The molecule has 30 heavy (non-hydrogen) atoms. The summed E-state index contributed by atoms with van der Waals surface area (Å²) in [7, 11) is -3.82. The lowest BCUT2D eigenvalue weighted by Gasteiger charge is -2.09. The first-order valence-corrected chi connectivity index (χ1v) is 11.4. The van der Waals surface area contributed by atoms with Gasteiger partial charge in [0.15, 0.2) is 6.61 Å². The lowest BCUT2D eigenvalue weighted by atomic mass is 10.2. The summed E-state index contributed by atoms with van der Waals surface area (Å²) < 4.78 is 32.5. The fraction of sp³-hybridized carbons (Fsp3) is 0.143. The maximum absolute atomic E-state index is 12.5. The molecule has 0 saturated heterocycles. The van der Waals surface area contributed by atoms with E-state index < -0.39 is 28.5 Å². The molecular formula is C21H20N2O5S2. The van der Waals surface area contributed by atoms with Gasteiger partial charge in [-0.3, -0.25) is 4.79 Å². The van der Waals surface area contributed by atoms with Crippen LogP contribution >= 0.6 is 11.3 Å². The maximum Gasteiger partial charge on any atom is 0.338 e. The van der Waals surface area contributed by atoms with Gasteiger partial charge in [0, 0.05) is 11.4 Å². The number of benzene rings is 2. The number of ether oxygens (including phenoxy) is 1. The van der Waals surface area contributed by atoms with Gasteiger partial charge < -0.3 is 10.1 Å². The molecule has 0 atom stereocenters. The smallest absolute Gasteiger partial charge is 0.338 e. The Bertz CT molecular complexity index is 1100. The molecule has 3 rings (SSSR count). The molecule has 0 spiro atoms. The number of esters is 1. The second kappa shape index (κ2) is 10.1. The molecule has 0 unspecified atom stereocenters. The highest BCUT2D eigenvalue weighted by Gasteiger charge is 2.17. The summed E-state index contributed by atoms with van der Waals surface area (Å²) in [6, 6.07) is 18.3. The number of thiophene rings is 1. The van der Waals surface area contributed by atoms with Crippen LogP contribution in [-0.2, 0) is 32.6 Å². The number of carbonyl (C=O) groups is 2. The van der Waals surface area contributed by atoms with Crippen LogP contribution in [0.5, 0.6) is 0 Å². The third-order valence-corrected chi connectivity index (χ3v) is 6.34. The molecule has 0 aliphatic heterocycles. The van der Waals surface area contributed by atoms with E-state index in [4.69, 9.17) is 4.74 Å². The zero-order valence-corrected chi connectivity index (χ0v) is 17.5. The molecule has 9 heteroatoms. The average molecular weight is 445 g/mol. The summed E-state index contributed by atoms with van der Waals surface area (Å²) in [5.74, 6) is -1.22. The zero-order valence-electron chi connectivity index (χ0n) is 15.9. The average Bonchev–Trinajstić information content (AvgIpc) is 3.29. The number of rotatable bonds is 9. The van der Waals surface area contributed by atoms with Crippen molar-refractivity contribution in [1.82, 2.24) is 10.0 Å². The van der Waals surface area contributed by atoms with E-state index in [0.29, 0.717) is 6.54 Å². The maximum atomic E-state index is 12.5. The molecule has 1 heterocycles. The lowest BCUT2D eigenvalue weighted by molar-refractivity contribution is -0.124. The molecule has 0 bridgehead atoms. The van der Waals surface area contributed by atoms with E-state index in [1.807, 2.05) is 35.7 Å². The summed E-state index contributed by atoms with van der Waals surface area (Å²) in [5, 5.41) is 4.55. The molecule has 156 valence electrons. The van der Waals surface area contributed by atoms with Crippen LogP contribution in [-0.4, -0.2) is 26.9 Å². The van der Waals surface area contributed by atoms with Gasteiger partial charge >= 0.3 is 5.97 Å². The molecule has 2 N–H and O–H groups in total. The van der Waals surface area contributed by atoms with Crippen LogP contribution in [0.25, 0.3) is 0 Å². The largest absolute Gasteiger partial charge is 0.452 e. The van der Waals surface area contributed by atoms with Crippen molar-refractivity contribution in [2.45, 2.75) is 18.0 Å². The molecule has 0 aliphatic carbocycles. The first-order chi connectivity index (χ1) is 14.4.